The standard InChI is InChI=1S/C11H15ClOS/c1-8-4-6-14-11(8)10-9(7-12)3-2-5-13-10/h4,6,9-10H,2-3,5,7H2,1H3. The van der Waals surface area contributed by atoms with Gasteiger partial charge in [0.2, 0.25) is 0 Å². The number of hydrogen-bond donors (Lipinski definition) is 0. The van der Waals surface area contributed by atoms with Crippen LogP contribution < -0.4 is 0 Å². The molecule has 1 aromatic rings. The molecule has 1 aromatic heterocycles. The summed E-state index contributed by atoms with van der Waals surface area (Å²) in [6.07, 6.45) is 2.60. The van der Waals surface area contributed by atoms with Crippen LogP contribution in [0.2, 0.25) is 0 Å². The maximum absolute atomic E-state index is 5.97. The van der Waals surface area contributed by atoms with Crippen LogP contribution in [0.5, 0.6) is 0 Å². The van der Waals surface area contributed by atoms with Gasteiger partial charge in [-0.3, -0.25) is 0 Å². The SMILES string of the molecule is Cc1ccsc1C1OCCCC1CCl. The van der Waals surface area contributed by atoms with E-state index in [0.29, 0.717) is 11.8 Å². The van der Waals surface area contributed by atoms with E-state index >= 15 is 0 Å². The Morgan fingerprint density at radius 2 is 2.50 bits per heavy atom. The van der Waals surface area contributed by atoms with Gasteiger partial charge in [-0.25, -0.2) is 0 Å². The van der Waals surface area contributed by atoms with Crippen molar-refractivity contribution in [3.8, 4) is 0 Å². The van der Waals surface area contributed by atoms with Gasteiger partial charge >= 0.3 is 0 Å². The molecule has 0 amide bonds. The van der Waals surface area contributed by atoms with Crippen LogP contribution in [0.25, 0.3) is 0 Å². The van der Waals surface area contributed by atoms with Gasteiger partial charge in [0.1, 0.15) is 0 Å². The van der Waals surface area contributed by atoms with Gasteiger partial charge in [-0.15, -0.1) is 22.9 Å². The molecule has 1 fully saturated rings. The zero-order valence-corrected chi connectivity index (χ0v) is 9.90. The number of aryl methyl sites for hydroxylation is 1. The molecule has 1 saturated heterocycles. The molecular weight excluding hydrogens is 216 g/mol. The van der Waals surface area contributed by atoms with Crippen LogP contribution in [0, 0.1) is 12.8 Å². The van der Waals surface area contributed by atoms with Gasteiger partial charge in [0.05, 0.1) is 6.10 Å². The lowest BCUT2D eigenvalue weighted by atomic mass is 9.94. The summed E-state index contributed by atoms with van der Waals surface area (Å²) in [7, 11) is 0. The van der Waals surface area contributed by atoms with E-state index in [1.54, 1.807) is 11.3 Å². The van der Waals surface area contributed by atoms with E-state index in [1.807, 2.05) is 0 Å². The minimum absolute atomic E-state index is 0.251. The molecule has 14 heavy (non-hydrogen) atoms. The lowest BCUT2D eigenvalue weighted by molar-refractivity contribution is -0.0189. The van der Waals surface area contributed by atoms with Crippen molar-refractivity contribution < 1.29 is 4.74 Å². The average molecular weight is 231 g/mol. The second kappa shape index (κ2) is 4.65. The molecule has 0 N–H and O–H groups in total. The Bertz CT molecular complexity index is 297. The number of halogens is 1. The lowest BCUT2D eigenvalue weighted by Crippen LogP contribution is -2.23. The van der Waals surface area contributed by atoms with Crippen molar-refractivity contribution in [3.63, 3.8) is 0 Å². The zero-order chi connectivity index (χ0) is 9.97. The monoisotopic (exact) mass is 230 g/mol. The van der Waals surface area contributed by atoms with E-state index in [-0.39, 0.29) is 6.10 Å². The Morgan fingerprint density at radius 1 is 1.64 bits per heavy atom. The van der Waals surface area contributed by atoms with Crippen LogP contribution in [0.4, 0.5) is 0 Å². The third-order valence-corrected chi connectivity index (χ3v) is 4.28. The van der Waals surface area contributed by atoms with E-state index in [1.165, 1.54) is 16.9 Å². The Labute approximate surface area is 94.0 Å². The Balaban J connectivity index is 2.19. The Hall–Kier alpha value is -0.0500. The fourth-order valence-corrected chi connectivity index (χ4v) is 3.35. The third-order valence-electron chi connectivity index (χ3n) is 2.80. The van der Waals surface area contributed by atoms with Crippen molar-refractivity contribution in [2.45, 2.75) is 25.9 Å². The first-order valence-electron chi connectivity index (χ1n) is 5.04. The third kappa shape index (κ3) is 1.97. The second-order valence-electron chi connectivity index (χ2n) is 3.82. The van der Waals surface area contributed by atoms with Crippen molar-refractivity contribution in [1.29, 1.82) is 0 Å². The van der Waals surface area contributed by atoms with Gasteiger partial charge < -0.3 is 4.74 Å². The molecule has 2 unspecified atom stereocenters. The quantitative estimate of drug-likeness (QED) is 0.703. The van der Waals surface area contributed by atoms with Crippen LogP contribution >= 0.6 is 22.9 Å². The van der Waals surface area contributed by atoms with Gasteiger partial charge in [0.25, 0.3) is 0 Å². The topological polar surface area (TPSA) is 9.23 Å². The molecular formula is C11H15ClOS. The summed E-state index contributed by atoms with van der Waals surface area (Å²) in [6, 6.07) is 2.16. The van der Waals surface area contributed by atoms with E-state index < -0.39 is 0 Å². The van der Waals surface area contributed by atoms with Crippen LogP contribution in [0.1, 0.15) is 29.4 Å². The highest BCUT2D eigenvalue weighted by atomic mass is 35.5. The first-order chi connectivity index (χ1) is 6.83. The zero-order valence-electron chi connectivity index (χ0n) is 8.33. The molecule has 0 saturated carbocycles. The predicted molar refractivity (Wildman–Crippen MR) is 61.2 cm³/mol. The molecule has 0 bridgehead atoms. The number of hydrogen-bond acceptors (Lipinski definition) is 2. The van der Waals surface area contributed by atoms with Crippen LogP contribution in [0.3, 0.4) is 0 Å². The highest BCUT2D eigenvalue weighted by molar-refractivity contribution is 7.10. The molecule has 3 heteroatoms. The molecule has 78 valence electrons. The second-order valence-corrected chi connectivity index (χ2v) is 5.07. The summed E-state index contributed by atoms with van der Waals surface area (Å²) in [6.45, 7) is 3.03. The molecule has 0 aromatic carbocycles. The van der Waals surface area contributed by atoms with E-state index in [0.717, 1.165) is 13.0 Å². The van der Waals surface area contributed by atoms with Gasteiger partial charge in [-0.2, -0.15) is 0 Å². The molecule has 2 rings (SSSR count). The van der Waals surface area contributed by atoms with Gasteiger partial charge in [-0.05, 0) is 36.8 Å². The first kappa shape index (κ1) is 10.5. The first-order valence-corrected chi connectivity index (χ1v) is 6.46. The Morgan fingerprint density at radius 3 is 3.14 bits per heavy atom. The van der Waals surface area contributed by atoms with E-state index in [9.17, 15) is 0 Å². The molecule has 0 spiro atoms. The van der Waals surface area contributed by atoms with Crippen molar-refractivity contribution in [2.75, 3.05) is 12.5 Å². The Kier molecular flexibility index (Phi) is 3.47. The van der Waals surface area contributed by atoms with Crippen LogP contribution in [0.15, 0.2) is 11.4 Å². The molecule has 2 atom stereocenters. The maximum Gasteiger partial charge on any atom is 0.0958 e. The molecule has 2 heterocycles. The normalized spacial score (nSPS) is 27.9. The lowest BCUT2D eigenvalue weighted by Gasteiger charge is -2.30. The molecule has 1 nitrogen and oxygen atoms in total. The summed E-state index contributed by atoms with van der Waals surface area (Å²) < 4.78 is 5.83. The molecule has 1 aliphatic heterocycles. The van der Waals surface area contributed by atoms with Gasteiger partial charge in [0, 0.05) is 23.3 Å². The van der Waals surface area contributed by atoms with Crippen molar-refractivity contribution in [1.82, 2.24) is 0 Å². The minimum atomic E-state index is 0.251. The summed E-state index contributed by atoms with van der Waals surface area (Å²) in [5.74, 6) is 1.21. The highest BCUT2D eigenvalue weighted by Crippen LogP contribution is 2.38. The summed E-state index contributed by atoms with van der Waals surface area (Å²) >= 11 is 7.76. The molecule has 0 radical (unpaired) electrons. The maximum atomic E-state index is 5.97. The smallest absolute Gasteiger partial charge is 0.0958 e. The van der Waals surface area contributed by atoms with Gasteiger partial charge in [0.15, 0.2) is 0 Å². The average Bonchev–Trinajstić information content (AvgIpc) is 2.64. The van der Waals surface area contributed by atoms with Crippen LogP contribution in [-0.4, -0.2) is 12.5 Å². The number of rotatable bonds is 2. The fourth-order valence-electron chi connectivity index (χ4n) is 1.97. The number of thiophene rings is 1. The van der Waals surface area contributed by atoms with Gasteiger partial charge in [-0.1, -0.05) is 0 Å². The van der Waals surface area contributed by atoms with Crippen LogP contribution in [-0.2, 0) is 4.74 Å². The number of ether oxygens (including phenoxy) is 1. The molecule has 1 aliphatic rings. The van der Waals surface area contributed by atoms with E-state index in [2.05, 4.69) is 18.4 Å². The summed E-state index contributed by atoms with van der Waals surface area (Å²) in [5, 5.41) is 2.13. The van der Waals surface area contributed by atoms with Crippen molar-refractivity contribution >= 4 is 22.9 Å². The minimum Gasteiger partial charge on any atom is -0.372 e. The van der Waals surface area contributed by atoms with Crippen molar-refractivity contribution in [3.05, 3.63) is 21.9 Å². The summed E-state index contributed by atoms with van der Waals surface area (Å²) in [5.41, 5.74) is 1.34. The fraction of sp³-hybridized carbons (Fsp3) is 0.636. The molecule has 0 aliphatic carbocycles. The largest absolute Gasteiger partial charge is 0.372 e. The number of alkyl halides is 1. The summed E-state index contributed by atoms with van der Waals surface area (Å²) in [4.78, 5) is 1.37. The van der Waals surface area contributed by atoms with E-state index in [4.69, 9.17) is 16.3 Å². The van der Waals surface area contributed by atoms with Crippen molar-refractivity contribution in [2.24, 2.45) is 5.92 Å². The highest BCUT2D eigenvalue weighted by Gasteiger charge is 2.28. The predicted octanol–water partition coefficient (Wildman–Crippen LogP) is 3.76.